The topological polar surface area (TPSA) is 90.9 Å². The second-order valence-corrected chi connectivity index (χ2v) is 9.25. The van der Waals surface area contributed by atoms with Gasteiger partial charge in [-0.15, -0.1) is 5.10 Å². The molecule has 8 heteroatoms. The van der Waals surface area contributed by atoms with Gasteiger partial charge in [0.25, 0.3) is 0 Å². The number of amides is 2. The van der Waals surface area contributed by atoms with E-state index in [2.05, 4.69) is 15.8 Å². The predicted molar refractivity (Wildman–Crippen MR) is 111 cm³/mol. The highest BCUT2D eigenvalue weighted by atomic mass is 32.2. The number of nitrogens with one attached hydrogen (secondary N) is 2. The van der Waals surface area contributed by atoms with Crippen LogP contribution in [0.15, 0.2) is 5.10 Å². The third-order valence-corrected chi connectivity index (χ3v) is 7.19. The fraction of sp³-hybridized carbons (Fsp3) is 0.800. The summed E-state index contributed by atoms with van der Waals surface area (Å²) in [7, 11) is 1.90. The van der Waals surface area contributed by atoms with Crippen LogP contribution in [0.5, 0.6) is 0 Å². The van der Waals surface area contributed by atoms with Crippen LogP contribution in [0, 0.1) is 11.8 Å². The number of nitrogens with zero attached hydrogens (tertiary/aromatic N) is 2. The fourth-order valence-corrected chi connectivity index (χ4v) is 5.36. The number of Topliss-reactive ketones (excluding diaryl/α,β-unsaturated/α-hetero) is 1. The van der Waals surface area contributed by atoms with Crippen LogP contribution < -0.4 is 10.7 Å². The van der Waals surface area contributed by atoms with E-state index in [-0.39, 0.29) is 17.7 Å². The van der Waals surface area contributed by atoms with Gasteiger partial charge in [-0.2, -0.15) is 0 Å². The maximum absolute atomic E-state index is 12.9. The van der Waals surface area contributed by atoms with Crippen LogP contribution in [0.4, 0.5) is 0 Å². The Labute approximate surface area is 171 Å². The van der Waals surface area contributed by atoms with Crippen LogP contribution in [0.2, 0.25) is 0 Å². The molecule has 7 nitrogen and oxygen atoms in total. The number of rotatable bonds is 6. The van der Waals surface area contributed by atoms with E-state index in [4.69, 9.17) is 0 Å². The smallest absolute Gasteiger partial charge is 0.309 e. The lowest BCUT2D eigenvalue weighted by Crippen LogP contribution is -2.52. The van der Waals surface area contributed by atoms with Gasteiger partial charge < -0.3 is 10.2 Å². The molecule has 1 aliphatic heterocycles. The maximum atomic E-state index is 12.9. The van der Waals surface area contributed by atoms with E-state index < -0.39 is 17.7 Å². The Morgan fingerprint density at radius 3 is 2.29 bits per heavy atom. The molecular weight excluding hydrogens is 376 g/mol. The molecular formula is C20H32N4O3S. The quantitative estimate of drug-likeness (QED) is 0.520. The third kappa shape index (κ3) is 5.49. The number of carbonyl (C=O) groups is 3. The van der Waals surface area contributed by atoms with Crippen molar-refractivity contribution < 1.29 is 14.4 Å². The molecule has 28 heavy (non-hydrogen) atoms. The first-order chi connectivity index (χ1) is 13.6. The Balaban J connectivity index is 1.65. The number of thioether (sulfide) groups is 1. The third-order valence-electron chi connectivity index (χ3n) is 6.14. The predicted octanol–water partition coefficient (Wildman–Crippen LogP) is 2.27. The van der Waals surface area contributed by atoms with Crippen LogP contribution in [0.3, 0.4) is 0 Å². The monoisotopic (exact) mass is 408 g/mol. The van der Waals surface area contributed by atoms with Crippen molar-refractivity contribution in [2.75, 3.05) is 19.3 Å². The normalized spacial score (nSPS) is 24.2. The minimum Gasteiger partial charge on any atom is -0.352 e. The zero-order valence-corrected chi connectivity index (χ0v) is 17.6. The van der Waals surface area contributed by atoms with Crippen molar-refractivity contribution in [3.63, 3.8) is 0 Å². The summed E-state index contributed by atoms with van der Waals surface area (Å²) >= 11 is 1.55. The minimum atomic E-state index is -0.733. The molecule has 1 atom stereocenters. The standard InChI is InChI=1S/C20H32N4O3S/c1-24-12-13-28-20(24)23-22-19(27)17(25)16(14-8-4-2-5-9-14)21-18(26)15-10-6-3-7-11-15/h14-16H,2-13H2,1H3,(H,21,26)(H,22,27)/t16-/m1/s1. The van der Waals surface area contributed by atoms with Crippen LogP contribution in [0.1, 0.15) is 64.2 Å². The molecule has 3 rings (SSSR count). The van der Waals surface area contributed by atoms with Crippen LogP contribution >= 0.6 is 11.8 Å². The Kier molecular flexibility index (Phi) is 7.76. The Morgan fingerprint density at radius 2 is 1.68 bits per heavy atom. The SMILES string of the molecule is CN1CCSC1=NNC(=O)C(=O)[C@H](NC(=O)C1CCCCC1)C1CCCCC1. The van der Waals surface area contributed by atoms with Gasteiger partial charge in [0.2, 0.25) is 11.7 Å². The highest BCUT2D eigenvalue weighted by Gasteiger charge is 2.36. The van der Waals surface area contributed by atoms with Crippen molar-refractivity contribution in [2.45, 2.75) is 70.3 Å². The lowest BCUT2D eigenvalue weighted by Gasteiger charge is -2.31. The average Bonchev–Trinajstić information content (AvgIpc) is 3.15. The summed E-state index contributed by atoms with van der Waals surface area (Å²) in [6.07, 6.45) is 10.0. The first kappa shape index (κ1) is 21.1. The van der Waals surface area contributed by atoms with Gasteiger partial charge in [0.1, 0.15) is 6.04 Å². The highest BCUT2D eigenvalue weighted by Crippen LogP contribution is 2.29. The van der Waals surface area contributed by atoms with Gasteiger partial charge >= 0.3 is 5.91 Å². The lowest BCUT2D eigenvalue weighted by atomic mass is 9.81. The van der Waals surface area contributed by atoms with E-state index >= 15 is 0 Å². The largest absolute Gasteiger partial charge is 0.352 e. The minimum absolute atomic E-state index is 0.0283. The van der Waals surface area contributed by atoms with Crippen LogP contribution in [-0.2, 0) is 14.4 Å². The van der Waals surface area contributed by atoms with Gasteiger partial charge in [0, 0.05) is 25.3 Å². The number of hydrogen-bond acceptors (Lipinski definition) is 5. The fourth-order valence-electron chi connectivity index (χ4n) is 4.39. The average molecular weight is 409 g/mol. The van der Waals surface area contributed by atoms with E-state index in [0.29, 0.717) is 5.17 Å². The highest BCUT2D eigenvalue weighted by molar-refractivity contribution is 8.14. The molecule has 0 aromatic carbocycles. The van der Waals surface area contributed by atoms with Gasteiger partial charge in [-0.3, -0.25) is 14.4 Å². The Morgan fingerprint density at radius 1 is 1.04 bits per heavy atom. The molecule has 1 saturated heterocycles. The molecule has 2 amide bonds. The summed E-state index contributed by atoms with van der Waals surface area (Å²) in [5.41, 5.74) is 2.41. The molecule has 3 aliphatic rings. The molecule has 156 valence electrons. The summed E-state index contributed by atoms with van der Waals surface area (Å²) in [4.78, 5) is 40.1. The molecule has 0 aromatic rings. The molecule has 0 unspecified atom stereocenters. The summed E-state index contributed by atoms with van der Waals surface area (Å²) in [6, 6.07) is -0.733. The van der Waals surface area contributed by atoms with Crippen molar-refractivity contribution in [2.24, 2.45) is 16.9 Å². The number of ketones is 1. The molecule has 0 bridgehead atoms. The number of hydrogen-bond donors (Lipinski definition) is 2. The van der Waals surface area contributed by atoms with Crippen molar-refractivity contribution in [1.29, 1.82) is 0 Å². The van der Waals surface area contributed by atoms with Crippen molar-refractivity contribution >= 4 is 34.5 Å². The molecule has 2 aliphatic carbocycles. The summed E-state index contributed by atoms with van der Waals surface area (Å²) in [5, 5.41) is 7.76. The molecule has 1 heterocycles. The zero-order chi connectivity index (χ0) is 19.9. The molecule has 0 radical (unpaired) electrons. The maximum Gasteiger partial charge on any atom is 0.309 e. The van der Waals surface area contributed by atoms with Gasteiger partial charge in [0.05, 0.1) is 0 Å². The lowest BCUT2D eigenvalue weighted by molar-refractivity contribution is -0.141. The summed E-state index contributed by atoms with van der Waals surface area (Å²) < 4.78 is 0. The van der Waals surface area contributed by atoms with Gasteiger partial charge in [-0.1, -0.05) is 50.3 Å². The molecule has 0 aromatic heterocycles. The van der Waals surface area contributed by atoms with Crippen LogP contribution in [0.25, 0.3) is 0 Å². The van der Waals surface area contributed by atoms with Gasteiger partial charge in [-0.05, 0) is 31.6 Å². The van der Waals surface area contributed by atoms with Crippen LogP contribution in [-0.4, -0.2) is 53.1 Å². The van der Waals surface area contributed by atoms with Gasteiger partial charge in [0.15, 0.2) is 5.17 Å². The zero-order valence-electron chi connectivity index (χ0n) is 16.7. The van der Waals surface area contributed by atoms with Crippen molar-refractivity contribution in [3.05, 3.63) is 0 Å². The molecule has 0 spiro atoms. The first-order valence-electron chi connectivity index (χ1n) is 10.6. The number of amidine groups is 1. The number of hydrazone groups is 1. The number of carbonyl (C=O) groups excluding carboxylic acids is 3. The summed E-state index contributed by atoms with van der Waals surface area (Å²) in [6.45, 7) is 0.870. The Bertz CT molecular complexity index is 613. The van der Waals surface area contributed by atoms with E-state index in [9.17, 15) is 14.4 Å². The molecule has 3 fully saturated rings. The second-order valence-electron chi connectivity index (χ2n) is 8.19. The van der Waals surface area contributed by atoms with Gasteiger partial charge in [-0.25, -0.2) is 5.43 Å². The van der Waals surface area contributed by atoms with E-state index in [0.717, 1.165) is 70.1 Å². The molecule has 2 N–H and O–H groups in total. The van der Waals surface area contributed by atoms with E-state index in [1.807, 2.05) is 11.9 Å². The van der Waals surface area contributed by atoms with E-state index in [1.54, 1.807) is 11.8 Å². The molecule has 2 saturated carbocycles. The van der Waals surface area contributed by atoms with Crippen molar-refractivity contribution in [1.82, 2.24) is 15.6 Å². The summed E-state index contributed by atoms with van der Waals surface area (Å²) in [5.74, 6) is -0.426. The first-order valence-corrected chi connectivity index (χ1v) is 11.6. The Hall–Kier alpha value is -1.57. The second kappa shape index (κ2) is 10.3. The van der Waals surface area contributed by atoms with Crippen molar-refractivity contribution in [3.8, 4) is 0 Å². The van der Waals surface area contributed by atoms with E-state index in [1.165, 1.54) is 6.42 Å².